The summed E-state index contributed by atoms with van der Waals surface area (Å²) >= 11 is 0. The number of aliphatic imine (C=N–C) groups is 1. The van der Waals surface area contributed by atoms with Crippen LogP contribution >= 0.6 is 0 Å². The summed E-state index contributed by atoms with van der Waals surface area (Å²) in [5.74, 6) is 0. The summed E-state index contributed by atoms with van der Waals surface area (Å²) in [4.78, 5) is 4.62. The van der Waals surface area contributed by atoms with Gasteiger partial charge >= 0.3 is 0 Å². The third kappa shape index (κ3) is 3.41. The maximum absolute atomic E-state index is 4.62. The van der Waals surface area contributed by atoms with Crippen molar-refractivity contribution in [3.8, 4) is 0 Å². The standard InChI is InChI=1S/C18H19N/c1-4-16-9-8-12-18(13-16)15(3)19-14(2)17-10-6-5-7-11-17/h5-13H,3-4H2,1-2H3. The molecule has 96 valence electrons. The highest BCUT2D eigenvalue weighted by Gasteiger charge is 2.01. The summed E-state index contributed by atoms with van der Waals surface area (Å²) in [5, 5.41) is 0. The van der Waals surface area contributed by atoms with Crippen molar-refractivity contribution in [1.29, 1.82) is 0 Å². The Morgan fingerprint density at radius 3 is 2.37 bits per heavy atom. The quantitative estimate of drug-likeness (QED) is 0.695. The van der Waals surface area contributed by atoms with Crippen LogP contribution in [-0.4, -0.2) is 5.71 Å². The van der Waals surface area contributed by atoms with Crippen LogP contribution in [0.3, 0.4) is 0 Å². The molecule has 19 heavy (non-hydrogen) atoms. The van der Waals surface area contributed by atoms with Crippen molar-refractivity contribution < 1.29 is 0 Å². The van der Waals surface area contributed by atoms with Gasteiger partial charge in [-0.2, -0.15) is 0 Å². The lowest BCUT2D eigenvalue weighted by molar-refractivity contribution is 1.14. The molecule has 0 saturated heterocycles. The molecule has 1 nitrogen and oxygen atoms in total. The smallest absolute Gasteiger partial charge is 0.0633 e. The Kier molecular flexibility index (Phi) is 4.30. The molecule has 2 aromatic carbocycles. The molecule has 0 unspecified atom stereocenters. The fourth-order valence-corrected chi connectivity index (χ4v) is 1.98. The van der Waals surface area contributed by atoms with Crippen molar-refractivity contribution >= 4 is 11.4 Å². The van der Waals surface area contributed by atoms with Gasteiger partial charge in [-0.25, -0.2) is 0 Å². The molecule has 2 aromatic rings. The zero-order valence-corrected chi connectivity index (χ0v) is 11.6. The number of nitrogens with zero attached hydrogens (tertiary/aromatic N) is 1. The van der Waals surface area contributed by atoms with Crippen LogP contribution in [0.25, 0.3) is 5.70 Å². The van der Waals surface area contributed by atoms with Gasteiger partial charge < -0.3 is 0 Å². The molecule has 0 aliphatic carbocycles. The summed E-state index contributed by atoms with van der Waals surface area (Å²) in [7, 11) is 0. The second-order valence-electron chi connectivity index (χ2n) is 4.56. The van der Waals surface area contributed by atoms with Gasteiger partial charge in [-0.15, -0.1) is 0 Å². The molecular weight excluding hydrogens is 230 g/mol. The van der Waals surface area contributed by atoms with Crippen LogP contribution in [0.5, 0.6) is 0 Å². The second-order valence-corrected chi connectivity index (χ2v) is 4.56. The maximum Gasteiger partial charge on any atom is 0.0633 e. The van der Waals surface area contributed by atoms with Gasteiger partial charge in [-0.3, -0.25) is 4.99 Å². The summed E-state index contributed by atoms with van der Waals surface area (Å²) in [6, 6.07) is 18.6. The first-order valence-electron chi connectivity index (χ1n) is 6.59. The predicted octanol–water partition coefficient (Wildman–Crippen LogP) is 4.73. The lowest BCUT2D eigenvalue weighted by Gasteiger charge is -2.05. The lowest BCUT2D eigenvalue weighted by Crippen LogP contribution is -1.95. The van der Waals surface area contributed by atoms with Crippen LogP contribution < -0.4 is 0 Å². The summed E-state index contributed by atoms with van der Waals surface area (Å²) in [6.07, 6.45) is 1.03. The van der Waals surface area contributed by atoms with Crippen molar-refractivity contribution in [2.45, 2.75) is 20.3 Å². The van der Waals surface area contributed by atoms with Crippen molar-refractivity contribution in [2.75, 3.05) is 0 Å². The van der Waals surface area contributed by atoms with E-state index in [1.54, 1.807) is 0 Å². The molecule has 0 N–H and O–H groups in total. The summed E-state index contributed by atoms with van der Waals surface area (Å²) in [6.45, 7) is 8.25. The van der Waals surface area contributed by atoms with E-state index in [-0.39, 0.29) is 0 Å². The van der Waals surface area contributed by atoms with E-state index >= 15 is 0 Å². The minimum atomic E-state index is 0.816. The van der Waals surface area contributed by atoms with Gasteiger partial charge in [0.1, 0.15) is 0 Å². The van der Waals surface area contributed by atoms with Gasteiger partial charge in [0.25, 0.3) is 0 Å². The number of aryl methyl sites for hydroxylation is 1. The third-order valence-electron chi connectivity index (χ3n) is 3.16. The molecule has 0 aromatic heterocycles. The van der Waals surface area contributed by atoms with Gasteiger partial charge in [0, 0.05) is 5.71 Å². The van der Waals surface area contributed by atoms with E-state index in [4.69, 9.17) is 0 Å². The van der Waals surface area contributed by atoms with Crippen molar-refractivity contribution in [3.05, 3.63) is 77.9 Å². The van der Waals surface area contributed by atoms with Gasteiger partial charge in [-0.1, -0.05) is 62.0 Å². The largest absolute Gasteiger partial charge is 0.253 e. The molecule has 0 amide bonds. The fourth-order valence-electron chi connectivity index (χ4n) is 1.98. The van der Waals surface area contributed by atoms with Crippen LogP contribution in [-0.2, 0) is 6.42 Å². The van der Waals surface area contributed by atoms with Gasteiger partial charge in [0.2, 0.25) is 0 Å². The average molecular weight is 249 g/mol. The lowest BCUT2D eigenvalue weighted by atomic mass is 10.1. The Labute approximate surface area is 115 Å². The predicted molar refractivity (Wildman–Crippen MR) is 83.5 cm³/mol. The first-order chi connectivity index (χ1) is 9.20. The average Bonchev–Trinajstić information content (AvgIpc) is 2.48. The minimum absolute atomic E-state index is 0.816. The molecule has 0 heterocycles. The van der Waals surface area contributed by atoms with Gasteiger partial charge in [0.15, 0.2) is 0 Å². The van der Waals surface area contributed by atoms with Crippen LogP contribution in [0.1, 0.15) is 30.5 Å². The van der Waals surface area contributed by atoms with Crippen LogP contribution in [0.15, 0.2) is 66.2 Å². The van der Waals surface area contributed by atoms with Gasteiger partial charge in [0.05, 0.1) is 5.70 Å². The molecule has 0 fully saturated rings. The van der Waals surface area contributed by atoms with E-state index in [0.717, 1.165) is 29.0 Å². The Morgan fingerprint density at radius 2 is 1.68 bits per heavy atom. The summed E-state index contributed by atoms with van der Waals surface area (Å²) < 4.78 is 0. The third-order valence-corrected chi connectivity index (χ3v) is 3.16. The number of benzene rings is 2. The van der Waals surface area contributed by atoms with E-state index in [1.165, 1.54) is 5.56 Å². The van der Waals surface area contributed by atoms with Gasteiger partial charge in [-0.05, 0) is 36.1 Å². The Hall–Kier alpha value is -2.15. The monoisotopic (exact) mass is 249 g/mol. The molecule has 0 radical (unpaired) electrons. The van der Waals surface area contributed by atoms with E-state index in [9.17, 15) is 0 Å². The zero-order valence-electron chi connectivity index (χ0n) is 11.6. The number of hydrogen-bond donors (Lipinski definition) is 0. The maximum atomic E-state index is 4.62. The molecule has 1 heteroatoms. The first-order valence-corrected chi connectivity index (χ1v) is 6.59. The highest BCUT2D eigenvalue weighted by atomic mass is 14.7. The summed E-state index contributed by atoms with van der Waals surface area (Å²) in [5.41, 5.74) is 5.35. The molecule has 0 atom stereocenters. The topological polar surface area (TPSA) is 12.4 Å². The van der Waals surface area contributed by atoms with Crippen LogP contribution in [0.2, 0.25) is 0 Å². The van der Waals surface area contributed by atoms with E-state index < -0.39 is 0 Å². The van der Waals surface area contributed by atoms with Crippen molar-refractivity contribution in [3.63, 3.8) is 0 Å². The SMILES string of the molecule is C=C(N=C(C)c1ccccc1)c1cccc(CC)c1. The molecule has 0 bridgehead atoms. The second kappa shape index (κ2) is 6.14. The van der Waals surface area contributed by atoms with Crippen LogP contribution in [0.4, 0.5) is 0 Å². The number of hydrogen-bond acceptors (Lipinski definition) is 1. The normalized spacial score (nSPS) is 11.4. The first kappa shape index (κ1) is 13.3. The molecule has 0 aliphatic heterocycles. The molecule has 0 aliphatic rings. The number of rotatable bonds is 4. The Balaban J connectivity index is 2.25. The fraction of sp³-hybridized carbons (Fsp3) is 0.167. The van der Waals surface area contributed by atoms with E-state index in [1.807, 2.05) is 25.1 Å². The molecule has 2 rings (SSSR count). The Bertz CT molecular complexity index is 594. The van der Waals surface area contributed by atoms with Crippen molar-refractivity contribution in [2.24, 2.45) is 4.99 Å². The van der Waals surface area contributed by atoms with E-state index in [2.05, 4.69) is 54.9 Å². The molecule has 0 spiro atoms. The zero-order chi connectivity index (χ0) is 13.7. The Morgan fingerprint density at radius 1 is 1.00 bits per heavy atom. The molecular formula is C18H19N. The van der Waals surface area contributed by atoms with Crippen LogP contribution in [0, 0.1) is 0 Å². The highest BCUT2D eigenvalue weighted by Crippen LogP contribution is 2.17. The van der Waals surface area contributed by atoms with E-state index in [0.29, 0.717) is 0 Å². The van der Waals surface area contributed by atoms with Crippen molar-refractivity contribution in [1.82, 2.24) is 0 Å². The highest BCUT2D eigenvalue weighted by molar-refractivity contribution is 6.01. The minimum Gasteiger partial charge on any atom is -0.253 e. The molecule has 0 saturated carbocycles.